The molecule has 0 aromatic heterocycles. The lowest BCUT2D eigenvalue weighted by Crippen LogP contribution is -2.04. The summed E-state index contributed by atoms with van der Waals surface area (Å²) in [5.74, 6) is -0.196. The highest BCUT2D eigenvalue weighted by Gasteiger charge is 2.04. The average molecular weight is 194 g/mol. The van der Waals surface area contributed by atoms with E-state index in [1.807, 2.05) is 13.8 Å². The number of esters is 1. The molecule has 0 saturated heterocycles. The Morgan fingerprint density at radius 3 is 2.57 bits per heavy atom. The number of hydrogen-bond donors (Lipinski definition) is 0. The van der Waals surface area contributed by atoms with E-state index >= 15 is 0 Å². The molecule has 78 valence electrons. The zero-order valence-corrected chi connectivity index (χ0v) is 9.22. The van der Waals surface area contributed by atoms with Crippen LogP contribution in [0.5, 0.6) is 0 Å². The largest absolute Gasteiger partial charge is 0.466 e. The van der Waals surface area contributed by atoms with Crippen LogP contribution in [0, 0.1) is 0 Å². The molecule has 0 rings (SSSR count). The van der Waals surface area contributed by atoms with E-state index in [4.69, 9.17) is 4.74 Å². The van der Waals surface area contributed by atoms with Crippen LogP contribution in [-0.4, -0.2) is 12.6 Å². The van der Waals surface area contributed by atoms with Crippen LogP contribution in [-0.2, 0) is 9.53 Å². The van der Waals surface area contributed by atoms with E-state index < -0.39 is 0 Å². The van der Waals surface area contributed by atoms with Crippen molar-refractivity contribution in [3.05, 3.63) is 29.5 Å². The lowest BCUT2D eigenvalue weighted by Gasteiger charge is -2.02. The van der Waals surface area contributed by atoms with Gasteiger partial charge in [-0.2, -0.15) is 0 Å². The molecule has 0 atom stereocenters. The van der Waals surface area contributed by atoms with Crippen molar-refractivity contribution in [1.29, 1.82) is 0 Å². The fourth-order valence-corrected chi connectivity index (χ4v) is 1.08. The monoisotopic (exact) mass is 194 g/mol. The molecule has 0 aromatic rings. The van der Waals surface area contributed by atoms with E-state index in [1.165, 1.54) is 0 Å². The summed E-state index contributed by atoms with van der Waals surface area (Å²) in [5.41, 5.74) is 5.12. The second kappa shape index (κ2) is 7.16. The maximum Gasteiger partial charge on any atom is 0.310 e. The molecule has 0 aromatic carbocycles. The maximum atomic E-state index is 11.2. The summed E-state index contributed by atoms with van der Waals surface area (Å²) in [7, 11) is 0. The Bertz CT molecular complexity index is 264. The lowest BCUT2D eigenvalue weighted by molar-refractivity contribution is -0.142. The van der Waals surface area contributed by atoms with Gasteiger partial charge in [-0.25, -0.2) is 0 Å². The number of carbonyl (C=O) groups is 1. The van der Waals surface area contributed by atoms with Crippen LogP contribution >= 0.6 is 0 Å². The summed E-state index contributed by atoms with van der Waals surface area (Å²) in [6, 6.07) is 0. The van der Waals surface area contributed by atoms with Crippen LogP contribution in [0.4, 0.5) is 0 Å². The summed E-state index contributed by atoms with van der Waals surface area (Å²) in [6.45, 7) is 9.77. The molecule has 0 spiro atoms. The molecule has 0 N–H and O–H groups in total. The van der Waals surface area contributed by atoms with Gasteiger partial charge in [-0.3, -0.25) is 4.79 Å². The number of hydrogen-bond acceptors (Lipinski definition) is 2. The van der Waals surface area contributed by atoms with Gasteiger partial charge < -0.3 is 4.74 Å². The lowest BCUT2D eigenvalue weighted by atomic mass is 10.1. The maximum absolute atomic E-state index is 11.2. The SMILES string of the molecule is C=CCC(=C=C(C)C)CC(=O)OCC. The summed E-state index contributed by atoms with van der Waals surface area (Å²) in [6.07, 6.45) is 2.76. The van der Waals surface area contributed by atoms with Gasteiger partial charge in [0.25, 0.3) is 0 Å². The second-order valence-electron chi connectivity index (χ2n) is 3.20. The summed E-state index contributed by atoms with van der Waals surface area (Å²) in [4.78, 5) is 11.2. The van der Waals surface area contributed by atoms with Crippen LogP contribution in [0.2, 0.25) is 0 Å². The summed E-state index contributed by atoms with van der Waals surface area (Å²) < 4.78 is 4.86. The number of ether oxygens (including phenoxy) is 1. The third-order valence-corrected chi connectivity index (χ3v) is 1.48. The Balaban J connectivity index is 4.47. The second-order valence-corrected chi connectivity index (χ2v) is 3.20. The quantitative estimate of drug-likeness (QED) is 0.382. The van der Waals surface area contributed by atoms with Gasteiger partial charge in [0.2, 0.25) is 0 Å². The van der Waals surface area contributed by atoms with E-state index in [0.717, 1.165) is 11.1 Å². The zero-order valence-electron chi connectivity index (χ0n) is 9.22. The first-order valence-corrected chi connectivity index (χ1v) is 4.78. The standard InChI is InChI=1S/C12H18O2/c1-5-7-11(8-10(3)4)9-12(13)14-6-2/h5H,1,6-7,9H2,2-4H3. The molecule has 0 fully saturated rings. The van der Waals surface area contributed by atoms with E-state index in [9.17, 15) is 4.79 Å². The number of rotatable bonds is 5. The first-order chi connectivity index (χ1) is 6.60. The van der Waals surface area contributed by atoms with E-state index in [2.05, 4.69) is 12.3 Å². The van der Waals surface area contributed by atoms with Gasteiger partial charge in [0.05, 0.1) is 13.0 Å². The molecule has 14 heavy (non-hydrogen) atoms. The molecule has 0 bridgehead atoms. The normalized spacial score (nSPS) is 8.79. The third-order valence-electron chi connectivity index (χ3n) is 1.48. The topological polar surface area (TPSA) is 26.3 Å². The van der Waals surface area contributed by atoms with Crippen LogP contribution in [0.25, 0.3) is 0 Å². The first kappa shape index (κ1) is 12.7. The van der Waals surface area contributed by atoms with Crippen molar-refractivity contribution >= 4 is 5.97 Å². The van der Waals surface area contributed by atoms with Crippen LogP contribution in [0.3, 0.4) is 0 Å². The molecule has 0 amide bonds. The van der Waals surface area contributed by atoms with Gasteiger partial charge in [-0.15, -0.1) is 12.3 Å². The highest BCUT2D eigenvalue weighted by Crippen LogP contribution is 2.08. The van der Waals surface area contributed by atoms with Crippen molar-refractivity contribution in [1.82, 2.24) is 0 Å². The van der Waals surface area contributed by atoms with E-state index in [-0.39, 0.29) is 5.97 Å². The molecule has 2 heteroatoms. The fraction of sp³-hybridized carbons (Fsp3) is 0.500. The van der Waals surface area contributed by atoms with Gasteiger partial charge in [0.1, 0.15) is 0 Å². The van der Waals surface area contributed by atoms with Gasteiger partial charge in [0.15, 0.2) is 0 Å². The minimum Gasteiger partial charge on any atom is -0.466 e. The van der Waals surface area contributed by atoms with E-state index in [0.29, 0.717) is 19.4 Å². The van der Waals surface area contributed by atoms with Gasteiger partial charge >= 0.3 is 5.97 Å². The third kappa shape index (κ3) is 6.27. The van der Waals surface area contributed by atoms with Gasteiger partial charge in [0, 0.05) is 0 Å². The number of allylic oxidation sites excluding steroid dienone is 1. The Morgan fingerprint density at radius 2 is 2.14 bits per heavy atom. The summed E-state index contributed by atoms with van der Waals surface area (Å²) >= 11 is 0. The predicted octanol–water partition coefficient (Wildman–Crippen LogP) is 3.01. The average Bonchev–Trinajstić information content (AvgIpc) is 2.03. The highest BCUT2D eigenvalue weighted by atomic mass is 16.5. The fourth-order valence-electron chi connectivity index (χ4n) is 1.08. The molecule has 0 aliphatic heterocycles. The smallest absolute Gasteiger partial charge is 0.310 e. The summed E-state index contributed by atoms with van der Waals surface area (Å²) in [5, 5.41) is 0. The minimum atomic E-state index is -0.196. The molecule has 0 unspecified atom stereocenters. The van der Waals surface area contributed by atoms with Gasteiger partial charge in [-0.1, -0.05) is 6.08 Å². The Morgan fingerprint density at radius 1 is 1.50 bits per heavy atom. The molecule has 0 saturated carbocycles. The molecule has 0 aliphatic rings. The first-order valence-electron chi connectivity index (χ1n) is 4.78. The van der Waals surface area contributed by atoms with Crippen LogP contribution in [0.15, 0.2) is 29.5 Å². The van der Waals surface area contributed by atoms with Crippen LogP contribution < -0.4 is 0 Å². The molecule has 0 aliphatic carbocycles. The van der Waals surface area contributed by atoms with Crippen molar-refractivity contribution < 1.29 is 9.53 Å². The van der Waals surface area contributed by atoms with Crippen molar-refractivity contribution in [2.45, 2.75) is 33.6 Å². The molecule has 0 heterocycles. The highest BCUT2D eigenvalue weighted by molar-refractivity contribution is 5.72. The van der Waals surface area contributed by atoms with Crippen molar-refractivity contribution in [3.63, 3.8) is 0 Å². The molecule has 2 nitrogen and oxygen atoms in total. The number of carbonyl (C=O) groups excluding carboxylic acids is 1. The Kier molecular flexibility index (Phi) is 6.51. The van der Waals surface area contributed by atoms with Crippen molar-refractivity contribution in [3.8, 4) is 0 Å². The van der Waals surface area contributed by atoms with Crippen LogP contribution in [0.1, 0.15) is 33.6 Å². The minimum absolute atomic E-state index is 0.196. The van der Waals surface area contributed by atoms with Crippen molar-refractivity contribution in [2.75, 3.05) is 6.61 Å². The molecule has 0 radical (unpaired) electrons. The molecular formula is C12H18O2. The molecular weight excluding hydrogens is 176 g/mol. The zero-order chi connectivity index (χ0) is 11.0. The predicted molar refractivity (Wildman–Crippen MR) is 58.0 cm³/mol. The Labute approximate surface area is 86.0 Å². The van der Waals surface area contributed by atoms with Gasteiger partial charge in [-0.05, 0) is 38.3 Å². The van der Waals surface area contributed by atoms with E-state index in [1.54, 1.807) is 13.0 Å². The van der Waals surface area contributed by atoms with Crippen molar-refractivity contribution in [2.24, 2.45) is 0 Å². The Hall–Kier alpha value is -1.27.